The van der Waals surface area contributed by atoms with E-state index in [0.29, 0.717) is 0 Å². The van der Waals surface area contributed by atoms with Gasteiger partial charge in [0.25, 0.3) is 0 Å². The van der Waals surface area contributed by atoms with Crippen LogP contribution in [-0.2, 0) is 9.53 Å². The summed E-state index contributed by atoms with van der Waals surface area (Å²) in [6.07, 6.45) is 3.21. The average molecular weight is 501 g/mol. The second-order valence-corrected chi connectivity index (χ2v) is 10.0. The Morgan fingerprint density at radius 2 is 1.86 bits per heavy atom. The highest BCUT2D eigenvalue weighted by atomic mass is 16.5. The van der Waals surface area contributed by atoms with Crippen LogP contribution in [0.4, 0.5) is 11.4 Å². The van der Waals surface area contributed by atoms with Crippen molar-refractivity contribution in [1.82, 2.24) is 19.7 Å². The number of carbonyl (C=O) groups is 1. The monoisotopic (exact) mass is 500 g/mol. The van der Waals surface area contributed by atoms with Crippen LogP contribution in [0.5, 0.6) is 0 Å². The molecule has 1 saturated heterocycles. The van der Waals surface area contributed by atoms with Gasteiger partial charge >= 0.3 is 5.97 Å². The first-order valence-corrected chi connectivity index (χ1v) is 13.0. The number of fused-ring (bicyclic) bond motifs is 2. The second kappa shape index (κ2) is 11.3. The molecule has 0 spiro atoms. The van der Waals surface area contributed by atoms with Crippen molar-refractivity contribution in [3.8, 4) is 0 Å². The summed E-state index contributed by atoms with van der Waals surface area (Å²) in [5.41, 5.74) is 3.89. The SMILES string of the molecule is COC(=O)CC1c2ccccc2N=C(N2CCN(CCCN(C)C)CC2)N1c1ccc2ncccc2c1. The highest BCUT2D eigenvalue weighted by molar-refractivity contribution is 6.02. The Hall–Kier alpha value is -3.49. The Morgan fingerprint density at radius 3 is 2.65 bits per heavy atom. The topological polar surface area (TPSA) is 64.5 Å². The van der Waals surface area contributed by atoms with E-state index in [-0.39, 0.29) is 18.4 Å². The lowest BCUT2D eigenvalue weighted by Crippen LogP contribution is -2.55. The highest BCUT2D eigenvalue weighted by Gasteiger charge is 2.36. The van der Waals surface area contributed by atoms with Crippen LogP contribution in [0.15, 0.2) is 65.8 Å². The van der Waals surface area contributed by atoms with Gasteiger partial charge in [0.15, 0.2) is 0 Å². The summed E-state index contributed by atoms with van der Waals surface area (Å²) < 4.78 is 5.13. The van der Waals surface area contributed by atoms with Crippen molar-refractivity contribution in [2.45, 2.75) is 18.9 Å². The van der Waals surface area contributed by atoms with Gasteiger partial charge in [-0.15, -0.1) is 0 Å². The number of ether oxygens (including phenoxy) is 1. The number of hydrogen-bond donors (Lipinski definition) is 0. The van der Waals surface area contributed by atoms with Crippen molar-refractivity contribution in [2.75, 3.05) is 65.4 Å². The molecule has 3 heterocycles. The van der Waals surface area contributed by atoms with Gasteiger partial charge in [-0.2, -0.15) is 0 Å². The van der Waals surface area contributed by atoms with E-state index >= 15 is 0 Å². The molecule has 5 rings (SSSR count). The number of guanidine groups is 1. The summed E-state index contributed by atoms with van der Waals surface area (Å²) in [5, 5.41) is 1.06. The van der Waals surface area contributed by atoms with Crippen LogP contribution in [0.3, 0.4) is 0 Å². The molecule has 0 radical (unpaired) electrons. The lowest BCUT2D eigenvalue weighted by Gasteiger charge is -2.44. The van der Waals surface area contributed by atoms with E-state index in [1.807, 2.05) is 36.5 Å². The van der Waals surface area contributed by atoms with Crippen LogP contribution < -0.4 is 4.90 Å². The lowest BCUT2D eigenvalue weighted by molar-refractivity contribution is -0.141. The van der Waals surface area contributed by atoms with Gasteiger partial charge in [0.05, 0.1) is 30.8 Å². The van der Waals surface area contributed by atoms with E-state index in [4.69, 9.17) is 9.73 Å². The molecule has 3 aromatic rings. The highest BCUT2D eigenvalue weighted by Crippen LogP contribution is 2.41. The third-order valence-corrected chi connectivity index (χ3v) is 7.23. The maximum atomic E-state index is 12.6. The van der Waals surface area contributed by atoms with Gasteiger partial charge < -0.3 is 19.4 Å². The Balaban J connectivity index is 1.49. The minimum atomic E-state index is -0.237. The van der Waals surface area contributed by atoms with Gasteiger partial charge in [0.1, 0.15) is 0 Å². The summed E-state index contributed by atoms with van der Waals surface area (Å²) in [5.74, 6) is 0.656. The molecule has 37 heavy (non-hydrogen) atoms. The first-order chi connectivity index (χ1) is 18.0. The molecule has 194 valence electrons. The minimum absolute atomic E-state index is 0.219. The molecule has 0 aliphatic carbocycles. The third-order valence-electron chi connectivity index (χ3n) is 7.23. The number of aliphatic imine (C=N–C) groups is 1. The molecule has 1 fully saturated rings. The van der Waals surface area contributed by atoms with Crippen LogP contribution in [0.1, 0.15) is 24.4 Å². The van der Waals surface area contributed by atoms with Gasteiger partial charge in [-0.1, -0.05) is 24.3 Å². The van der Waals surface area contributed by atoms with E-state index in [1.165, 1.54) is 13.5 Å². The first kappa shape index (κ1) is 25.2. The molecule has 8 heteroatoms. The summed E-state index contributed by atoms with van der Waals surface area (Å²) in [4.78, 5) is 31.7. The quantitative estimate of drug-likeness (QED) is 0.456. The predicted molar refractivity (Wildman–Crippen MR) is 148 cm³/mol. The van der Waals surface area contributed by atoms with Gasteiger partial charge in [-0.25, -0.2) is 4.99 Å². The molecule has 8 nitrogen and oxygen atoms in total. The summed E-state index contributed by atoms with van der Waals surface area (Å²) in [6.45, 7) is 5.97. The molecule has 1 unspecified atom stereocenters. The van der Waals surface area contributed by atoms with Crippen LogP contribution in [0, 0.1) is 0 Å². The molecule has 0 bridgehead atoms. The average Bonchev–Trinajstić information content (AvgIpc) is 2.92. The Bertz CT molecular complexity index is 1270. The summed E-state index contributed by atoms with van der Waals surface area (Å²) in [7, 11) is 5.70. The number of nitrogens with zero attached hydrogens (tertiary/aromatic N) is 6. The van der Waals surface area contributed by atoms with Gasteiger partial charge in [-0.05, 0) is 63.9 Å². The Morgan fingerprint density at radius 1 is 1.05 bits per heavy atom. The number of aromatic nitrogens is 1. The molecular formula is C29H36N6O2. The minimum Gasteiger partial charge on any atom is -0.469 e. The van der Waals surface area contributed by atoms with E-state index < -0.39 is 0 Å². The maximum Gasteiger partial charge on any atom is 0.307 e. The smallest absolute Gasteiger partial charge is 0.307 e. The molecule has 2 aromatic carbocycles. The van der Waals surface area contributed by atoms with E-state index in [0.717, 1.165) is 73.1 Å². The molecule has 2 aliphatic rings. The standard InChI is InChI=1S/C29H36N6O2/c1-32(2)14-7-15-33-16-18-34(19-17-33)29-31-26-10-5-4-9-24(26)27(21-28(36)37-3)35(29)23-11-12-25-22(20-23)8-6-13-30-25/h4-6,8-13,20,27H,7,14-19,21H2,1-3H3. The number of para-hydroxylation sites is 1. The number of methoxy groups -OCH3 is 1. The molecular weight excluding hydrogens is 464 g/mol. The molecule has 1 aromatic heterocycles. The summed E-state index contributed by atoms with van der Waals surface area (Å²) >= 11 is 0. The lowest BCUT2D eigenvalue weighted by atomic mass is 9.97. The van der Waals surface area contributed by atoms with Gasteiger partial charge in [0.2, 0.25) is 5.96 Å². The fraction of sp³-hybridized carbons (Fsp3) is 0.414. The number of esters is 1. The van der Waals surface area contributed by atoms with Crippen LogP contribution in [0.25, 0.3) is 10.9 Å². The number of rotatable bonds is 7. The van der Waals surface area contributed by atoms with Crippen molar-refractivity contribution in [2.24, 2.45) is 4.99 Å². The Kier molecular flexibility index (Phi) is 7.67. The fourth-order valence-electron chi connectivity index (χ4n) is 5.27. The zero-order valence-electron chi connectivity index (χ0n) is 22.0. The zero-order chi connectivity index (χ0) is 25.8. The predicted octanol–water partition coefficient (Wildman–Crippen LogP) is 3.92. The number of carbonyl (C=O) groups excluding carboxylic acids is 1. The van der Waals surface area contributed by atoms with Crippen molar-refractivity contribution in [1.29, 1.82) is 0 Å². The van der Waals surface area contributed by atoms with Crippen molar-refractivity contribution < 1.29 is 9.53 Å². The van der Waals surface area contributed by atoms with Crippen molar-refractivity contribution >= 4 is 34.2 Å². The normalized spacial score (nSPS) is 18.2. The van der Waals surface area contributed by atoms with E-state index in [9.17, 15) is 4.79 Å². The van der Waals surface area contributed by atoms with E-state index in [1.54, 1.807) is 0 Å². The second-order valence-electron chi connectivity index (χ2n) is 10.0. The number of anilines is 1. The van der Waals surface area contributed by atoms with Gasteiger partial charge in [-0.3, -0.25) is 14.7 Å². The zero-order valence-corrected chi connectivity index (χ0v) is 22.0. The number of benzene rings is 2. The molecule has 0 saturated carbocycles. The molecule has 0 N–H and O–H groups in total. The maximum absolute atomic E-state index is 12.6. The van der Waals surface area contributed by atoms with Crippen LogP contribution in [-0.4, -0.2) is 92.1 Å². The first-order valence-electron chi connectivity index (χ1n) is 13.0. The molecule has 1 atom stereocenters. The van der Waals surface area contributed by atoms with Crippen LogP contribution >= 0.6 is 0 Å². The molecule has 2 aliphatic heterocycles. The Labute approximate surface area is 219 Å². The molecule has 0 amide bonds. The number of piperazine rings is 1. The number of hydrogen-bond acceptors (Lipinski definition) is 8. The van der Waals surface area contributed by atoms with E-state index in [2.05, 4.69) is 62.9 Å². The fourth-order valence-corrected chi connectivity index (χ4v) is 5.27. The third kappa shape index (κ3) is 5.60. The van der Waals surface area contributed by atoms with Crippen molar-refractivity contribution in [3.05, 3.63) is 66.4 Å². The number of pyridine rings is 1. The summed E-state index contributed by atoms with van der Waals surface area (Å²) in [6, 6.07) is 18.2. The van der Waals surface area contributed by atoms with Crippen molar-refractivity contribution in [3.63, 3.8) is 0 Å². The van der Waals surface area contributed by atoms with Gasteiger partial charge in [0, 0.05) is 49.0 Å². The largest absolute Gasteiger partial charge is 0.469 e. The van der Waals surface area contributed by atoms with Crippen LogP contribution in [0.2, 0.25) is 0 Å².